The molecule has 0 fully saturated rings. The average molecular weight is 388 g/mol. The summed E-state index contributed by atoms with van der Waals surface area (Å²) in [6.45, 7) is 0. The van der Waals surface area contributed by atoms with Crippen molar-refractivity contribution >= 4 is 34.2 Å². The summed E-state index contributed by atoms with van der Waals surface area (Å²) >= 11 is 12.1. The van der Waals surface area contributed by atoms with Crippen molar-refractivity contribution in [1.29, 1.82) is 0 Å². The SMILES string of the molecule is O=c1[nH]c(=O)c2c(cc(Cl)n2-c2ccc(-c3ccc(Cl)cc3O)cc2)[nH]1. The first-order valence-corrected chi connectivity index (χ1v) is 8.32. The van der Waals surface area contributed by atoms with Crippen LogP contribution in [-0.4, -0.2) is 19.6 Å². The normalized spacial score (nSPS) is 11.2. The summed E-state index contributed by atoms with van der Waals surface area (Å²) in [5, 5.41) is 10.8. The van der Waals surface area contributed by atoms with Gasteiger partial charge in [-0.2, -0.15) is 0 Å². The fourth-order valence-corrected chi connectivity index (χ4v) is 3.36. The van der Waals surface area contributed by atoms with Crippen LogP contribution in [0.3, 0.4) is 0 Å². The smallest absolute Gasteiger partial charge is 0.326 e. The van der Waals surface area contributed by atoms with Crippen LogP contribution in [0.1, 0.15) is 0 Å². The number of nitrogens with one attached hydrogen (secondary N) is 2. The van der Waals surface area contributed by atoms with Crippen LogP contribution in [0.2, 0.25) is 10.2 Å². The monoisotopic (exact) mass is 387 g/mol. The maximum absolute atomic E-state index is 12.2. The number of hydrogen-bond donors (Lipinski definition) is 3. The molecule has 0 atom stereocenters. The Balaban J connectivity index is 1.86. The van der Waals surface area contributed by atoms with E-state index in [4.69, 9.17) is 23.2 Å². The van der Waals surface area contributed by atoms with Gasteiger partial charge in [-0.25, -0.2) is 4.79 Å². The maximum atomic E-state index is 12.2. The van der Waals surface area contributed by atoms with Crippen molar-refractivity contribution in [2.45, 2.75) is 0 Å². The molecule has 0 unspecified atom stereocenters. The van der Waals surface area contributed by atoms with Crippen molar-refractivity contribution < 1.29 is 5.11 Å². The van der Waals surface area contributed by atoms with Crippen LogP contribution in [0.5, 0.6) is 5.75 Å². The quantitative estimate of drug-likeness (QED) is 0.489. The highest BCUT2D eigenvalue weighted by Gasteiger charge is 2.14. The lowest BCUT2D eigenvalue weighted by Gasteiger charge is -2.09. The van der Waals surface area contributed by atoms with Crippen LogP contribution in [0.4, 0.5) is 0 Å². The van der Waals surface area contributed by atoms with Crippen molar-refractivity contribution in [3.8, 4) is 22.6 Å². The minimum absolute atomic E-state index is 0.0729. The molecule has 130 valence electrons. The molecule has 26 heavy (non-hydrogen) atoms. The molecule has 0 aliphatic carbocycles. The van der Waals surface area contributed by atoms with Crippen molar-refractivity contribution in [3.05, 3.63) is 79.5 Å². The fourth-order valence-electron chi connectivity index (χ4n) is 2.91. The number of halogens is 2. The van der Waals surface area contributed by atoms with Crippen molar-refractivity contribution in [2.75, 3.05) is 0 Å². The van der Waals surface area contributed by atoms with Crippen LogP contribution in [0.25, 0.3) is 27.8 Å². The third kappa shape index (κ3) is 2.69. The second-order valence-corrected chi connectivity index (χ2v) is 6.51. The Morgan fingerprint density at radius 2 is 1.65 bits per heavy atom. The molecule has 0 spiro atoms. The van der Waals surface area contributed by atoms with Gasteiger partial charge in [-0.1, -0.05) is 35.3 Å². The number of aromatic nitrogens is 3. The number of phenols is 1. The first-order valence-electron chi connectivity index (χ1n) is 7.57. The summed E-state index contributed by atoms with van der Waals surface area (Å²) in [5.41, 5.74) is 1.52. The zero-order chi connectivity index (χ0) is 18.4. The molecule has 0 radical (unpaired) electrons. The molecule has 0 saturated heterocycles. The molecule has 3 N–H and O–H groups in total. The molecular formula is C18H11Cl2N3O3. The third-order valence-electron chi connectivity index (χ3n) is 4.04. The lowest BCUT2D eigenvalue weighted by atomic mass is 10.0. The van der Waals surface area contributed by atoms with Crippen LogP contribution in [-0.2, 0) is 0 Å². The van der Waals surface area contributed by atoms with E-state index >= 15 is 0 Å². The Morgan fingerprint density at radius 3 is 2.35 bits per heavy atom. The van der Waals surface area contributed by atoms with E-state index in [2.05, 4.69) is 9.97 Å². The Kier molecular flexibility index (Phi) is 3.86. The van der Waals surface area contributed by atoms with Crippen molar-refractivity contribution in [2.24, 2.45) is 0 Å². The van der Waals surface area contributed by atoms with Crippen LogP contribution in [0.15, 0.2) is 58.1 Å². The average Bonchev–Trinajstić information content (AvgIpc) is 2.91. The van der Waals surface area contributed by atoms with Crippen molar-refractivity contribution in [1.82, 2.24) is 14.5 Å². The second-order valence-electron chi connectivity index (χ2n) is 5.68. The molecular weight excluding hydrogens is 377 g/mol. The first kappa shape index (κ1) is 16.5. The highest BCUT2D eigenvalue weighted by Crippen LogP contribution is 2.32. The molecule has 0 aliphatic rings. The Morgan fingerprint density at radius 1 is 0.923 bits per heavy atom. The molecule has 0 aliphatic heterocycles. The largest absolute Gasteiger partial charge is 0.507 e. The maximum Gasteiger partial charge on any atom is 0.326 e. The van der Waals surface area contributed by atoms with Gasteiger partial charge in [-0.3, -0.25) is 14.3 Å². The van der Waals surface area contributed by atoms with E-state index in [0.29, 0.717) is 21.8 Å². The summed E-state index contributed by atoms with van der Waals surface area (Å²) in [4.78, 5) is 28.3. The van der Waals surface area contributed by atoms with E-state index in [0.717, 1.165) is 5.56 Å². The summed E-state index contributed by atoms with van der Waals surface area (Å²) in [7, 11) is 0. The zero-order valence-corrected chi connectivity index (χ0v) is 14.6. The van der Waals surface area contributed by atoms with Crippen molar-refractivity contribution in [3.63, 3.8) is 0 Å². The van der Waals surface area contributed by atoms with E-state index in [9.17, 15) is 14.7 Å². The van der Waals surface area contributed by atoms with Gasteiger partial charge in [0, 0.05) is 16.3 Å². The number of phenolic OH excluding ortho intramolecular Hbond substituents is 1. The fraction of sp³-hybridized carbons (Fsp3) is 0. The molecule has 0 saturated carbocycles. The molecule has 6 nitrogen and oxygen atoms in total. The van der Waals surface area contributed by atoms with Gasteiger partial charge in [0.2, 0.25) is 0 Å². The minimum atomic E-state index is -0.593. The van der Waals surface area contributed by atoms with Gasteiger partial charge >= 0.3 is 5.69 Å². The summed E-state index contributed by atoms with van der Waals surface area (Å²) in [5.74, 6) is 0.0729. The Hall–Kier alpha value is -2.96. The number of fused-ring (bicyclic) bond motifs is 1. The summed E-state index contributed by atoms with van der Waals surface area (Å²) in [6, 6.07) is 13.5. The minimum Gasteiger partial charge on any atom is -0.507 e. The summed E-state index contributed by atoms with van der Waals surface area (Å²) in [6.07, 6.45) is 0. The van der Waals surface area contributed by atoms with Gasteiger partial charge in [0.25, 0.3) is 5.56 Å². The van der Waals surface area contributed by atoms with Crippen LogP contribution in [0, 0.1) is 0 Å². The lowest BCUT2D eigenvalue weighted by molar-refractivity contribution is 0.477. The van der Waals surface area contributed by atoms with Gasteiger partial charge in [-0.05, 0) is 42.0 Å². The molecule has 0 bridgehead atoms. The van der Waals surface area contributed by atoms with Gasteiger partial charge in [0.15, 0.2) is 0 Å². The highest BCUT2D eigenvalue weighted by atomic mass is 35.5. The number of nitrogens with zero attached hydrogens (tertiary/aromatic N) is 1. The lowest BCUT2D eigenvalue weighted by Crippen LogP contribution is -2.22. The number of aromatic amines is 2. The molecule has 2 aromatic carbocycles. The van der Waals surface area contributed by atoms with Gasteiger partial charge in [0.05, 0.1) is 5.52 Å². The van der Waals surface area contributed by atoms with E-state index in [-0.39, 0.29) is 16.4 Å². The number of hydrogen-bond acceptors (Lipinski definition) is 3. The number of rotatable bonds is 2. The zero-order valence-electron chi connectivity index (χ0n) is 13.1. The summed E-state index contributed by atoms with van der Waals surface area (Å²) < 4.78 is 1.54. The number of aromatic hydroxyl groups is 1. The molecule has 8 heteroatoms. The predicted octanol–water partition coefficient (Wildman–Crippen LogP) is 3.69. The molecule has 4 rings (SSSR count). The van der Waals surface area contributed by atoms with Crippen LogP contribution >= 0.6 is 23.2 Å². The molecule has 2 heterocycles. The standard InChI is InChI=1S/C18H11Cl2N3O3/c19-10-3-6-12(14(24)7-10)9-1-4-11(5-2-9)23-15(20)8-13-16(23)17(25)22-18(26)21-13/h1-8,24H,(H2,21,22,25,26). The highest BCUT2D eigenvalue weighted by molar-refractivity contribution is 6.31. The number of H-pyrrole nitrogens is 2. The van der Waals surface area contributed by atoms with E-state index in [1.807, 2.05) is 0 Å². The Bertz CT molecular complexity index is 1250. The molecule has 0 amide bonds. The third-order valence-corrected chi connectivity index (χ3v) is 4.56. The van der Waals surface area contributed by atoms with Crippen LogP contribution < -0.4 is 11.2 Å². The van der Waals surface area contributed by atoms with E-state index < -0.39 is 11.2 Å². The Labute approximate surface area is 156 Å². The van der Waals surface area contributed by atoms with Gasteiger partial charge < -0.3 is 10.1 Å². The molecule has 4 aromatic rings. The van der Waals surface area contributed by atoms with E-state index in [1.165, 1.54) is 16.7 Å². The first-order chi connectivity index (χ1) is 12.4. The van der Waals surface area contributed by atoms with Gasteiger partial charge in [0.1, 0.15) is 16.4 Å². The predicted molar refractivity (Wildman–Crippen MR) is 102 cm³/mol. The second kappa shape index (κ2) is 6.09. The molecule has 2 aromatic heterocycles. The topological polar surface area (TPSA) is 90.9 Å². The van der Waals surface area contributed by atoms with E-state index in [1.54, 1.807) is 36.4 Å². The number of benzene rings is 2. The van der Waals surface area contributed by atoms with Gasteiger partial charge in [-0.15, -0.1) is 0 Å².